The van der Waals surface area contributed by atoms with E-state index in [1.165, 1.54) is 20.1 Å². The Kier molecular flexibility index (Phi) is 6.50. The summed E-state index contributed by atoms with van der Waals surface area (Å²) in [5.74, 6) is -1.77. The number of aryl methyl sites for hydroxylation is 1. The van der Waals surface area contributed by atoms with E-state index < -0.39 is 24.0 Å². The van der Waals surface area contributed by atoms with Crippen molar-refractivity contribution < 1.29 is 28.6 Å². The van der Waals surface area contributed by atoms with Crippen LogP contribution >= 0.6 is 0 Å². The van der Waals surface area contributed by atoms with Crippen LogP contribution in [0.2, 0.25) is 0 Å². The Hall–Kier alpha value is -2.63. The maximum atomic E-state index is 11.9. The van der Waals surface area contributed by atoms with Gasteiger partial charge >= 0.3 is 17.9 Å². The molecule has 0 bridgehead atoms. The third-order valence-corrected chi connectivity index (χ3v) is 3.11. The van der Waals surface area contributed by atoms with Crippen molar-refractivity contribution in [2.45, 2.75) is 26.9 Å². The molecule has 0 radical (unpaired) electrons. The van der Waals surface area contributed by atoms with Gasteiger partial charge in [0.1, 0.15) is 0 Å². The van der Waals surface area contributed by atoms with Crippen LogP contribution in [0.4, 0.5) is 0 Å². The van der Waals surface area contributed by atoms with Crippen molar-refractivity contribution in [3.8, 4) is 0 Å². The normalized spacial score (nSPS) is 11.3. The van der Waals surface area contributed by atoms with Crippen molar-refractivity contribution in [2.24, 2.45) is 0 Å². The topological polar surface area (TPSA) is 78.9 Å². The molecule has 0 N–H and O–H groups in total. The summed E-state index contributed by atoms with van der Waals surface area (Å²) in [4.78, 5) is 35.0. The van der Waals surface area contributed by atoms with Gasteiger partial charge in [0.15, 0.2) is 6.10 Å². The fourth-order valence-electron chi connectivity index (χ4n) is 1.97. The molecular weight excluding hydrogens is 300 g/mol. The summed E-state index contributed by atoms with van der Waals surface area (Å²) in [5.41, 5.74) is 1.42. The minimum atomic E-state index is -1.03. The van der Waals surface area contributed by atoms with E-state index >= 15 is 0 Å². The molecule has 1 aromatic rings. The largest absolute Gasteiger partial charge is 0.465 e. The van der Waals surface area contributed by atoms with E-state index in [-0.39, 0.29) is 12.2 Å². The third kappa shape index (κ3) is 4.67. The summed E-state index contributed by atoms with van der Waals surface area (Å²) in [6.07, 6.45) is -1.03. The molecule has 0 saturated heterocycles. The number of carbonyl (C=O) groups excluding carboxylic acids is 3. The molecule has 1 atom stereocenters. The first-order valence-electron chi connectivity index (χ1n) is 7.03. The van der Waals surface area contributed by atoms with Crippen LogP contribution in [0.25, 0.3) is 0 Å². The molecule has 6 nitrogen and oxygen atoms in total. The Balaban J connectivity index is 3.27. The predicted molar refractivity (Wildman–Crippen MR) is 82.8 cm³/mol. The van der Waals surface area contributed by atoms with E-state index in [4.69, 9.17) is 14.2 Å². The highest BCUT2D eigenvalue weighted by molar-refractivity contribution is 5.92. The average molecular weight is 320 g/mol. The lowest BCUT2D eigenvalue weighted by Crippen LogP contribution is -2.19. The lowest BCUT2D eigenvalue weighted by molar-refractivity contribution is -0.147. The summed E-state index contributed by atoms with van der Waals surface area (Å²) < 4.78 is 14.8. The molecule has 6 heteroatoms. The van der Waals surface area contributed by atoms with Crippen LogP contribution in [0, 0.1) is 6.92 Å². The quantitative estimate of drug-likeness (QED) is 0.455. The number of carbonyl (C=O) groups is 3. The van der Waals surface area contributed by atoms with Crippen molar-refractivity contribution in [2.75, 3.05) is 13.7 Å². The fourth-order valence-corrected chi connectivity index (χ4v) is 1.97. The standard InChI is InChI=1S/C17H20O6/c1-6-22-16(19)11(3)15(23-12(4)18)13-8-7-10(2)14(9-13)17(20)21-5/h7-9,15H,3,6H2,1-2,4-5H3. The lowest BCUT2D eigenvalue weighted by atomic mass is 9.97. The molecule has 0 fully saturated rings. The van der Waals surface area contributed by atoms with Gasteiger partial charge in [-0.15, -0.1) is 0 Å². The van der Waals surface area contributed by atoms with Crippen molar-refractivity contribution >= 4 is 17.9 Å². The lowest BCUT2D eigenvalue weighted by Gasteiger charge is -2.20. The smallest absolute Gasteiger partial charge is 0.338 e. The van der Waals surface area contributed by atoms with Crippen molar-refractivity contribution in [1.82, 2.24) is 0 Å². The first-order chi connectivity index (χ1) is 10.8. The number of methoxy groups -OCH3 is 1. The molecule has 0 aliphatic heterocycles. The van der Waals surface area contributed by atoms with Crippen LogP contribution in [0.15, 0.2) is 30.4 Å². The number of benzene rings is 1. The molecule has 1 unspecified atom stereocenters. The van der Waals surface area contributed by atoms with Gasteiger partial charge in [-0.3, -0.25) is 4.79 Å². The van der Waals surface area contributed by atoms with Crippen molar-refractivity contribution in [1.29, 1.82) is 0 Å². The second kappa shape index (κ2) is 8.12. The Morgan fingerprint density at radius 2 is 1.91 bits per heavy atom. The van der Waals surface area contributed by atoms with Crippen molar-refractivity contribution in [3.05, 3.63) is 47.0 Å². The Morgan fingerprint density at radius 3 is 2.43 bits per heavy atom. The molecule has 1 rings (SSSR count). The molecule has 0 amide bonds. The van der Waals surface area contributed by atoms with Gasteiger partial charge in [0.2, 0.25) is 0 Å². The predicted octanol–water partition coefficient (Wildman–Crippen LogP) is 2.51. The van der Waals surface area contributed by atoms with E-state index in [0.29, 0.717) is 16.7 Å². The molecule has 0 aliphatic rings. The van der Waals surface area contributed by atoms with Gasteiger partial charge in [-0.05, 0) is 31.0 Å². The summed E-state index contributed by atoms with van der Waals surface area (Å²) in [7, 11) is 1.27. The highest BCUT2D eigenvalue weighted by Crippen LogP contribution is 2.28. The molecule has 0 spiro atoms. The summed E-state index contributed by atoms with van der Waals surface area (Å²) >= 11 is 0. The fraction of sp³-hybridized carbons (Fsp3) is 0.353. The van der Waals surface area contributed by atoms with E-state index in [9.17, 15) is 14.4 Å². The number of esters is 3. The Labute approximate surface area is 135 Å². The number of hydrogen-bond donors (Lipinski definition) is 0. The van der Waals surface area contributed by atoms with Gasteiger partial charge in [-0.25, -0.2) is 9.59 Å². The third-order valence-electron chi connectivity index (χ3n) is 3.11. The van der Waals surface area contributed by atoms with Crippen LogP contribution in [0.3, 0.4) is 0 Å². The van der Waals surface area contributed by atoms with E-state index in [1.54, 1.807) is 26.0 Å². The molecule has 124 valence electrons. The van der Waals surface area contributed by atoms with E-state index in [2.05, 4.69) is 6.58 Å². The Bertz CT molecular complexity index is 632. The first kappa shape index (κ1) is 18.4. The second-order valence-corrected chi connectivity index (χ2v) is 4.80. The van der Waals surface area contributed by atoms with Gasteiger partial charge in [-0.2, -0.15) is 0 Å². The molecule has 0 saturated carbocycles. The van der Waals surface area contributed by atoms with Gasteiger partial charge in [-0.1, -0.05) is 18.7 Å². The SMILES string of the molecule is C=C(C(=O)OCC)C(OC(C)=O)c1ccc(C)c(C(=O)OC)c1. The van der Waals surface area contributed by atoms with Crippen LogP contribution in [0.5, 0.6) is 0 Å². The van der Waals surface area contributed by atoms with Crippen LogP contribution < -0.4 is 0 Å². The molecular formula is C17H20O6. The van der Waals surface area contributed by atoms with Gasteiger partial charge in [0.05, 0.1) is 24.9 Å². The first-order valence-corrected chi connectivity index (χ1v) is 7.03. The zero-order valence-corrected chi connectivity index (χ0v) is 13.7. The Morgan fingerprint density at radius 1 is 1.26 bits per heavy atom. The van der Waals surface area contributed by atoms with Crippen molar-refractivity contribution in [3.63, 3.8) is 0 Å². The van der Waals surface area contributed by atoms with Gasteiger partial charge in [0.25, 0.3) is 0 Å². The number of rotatable bonds is 6. The van der Waals surface area contributed by atoms with E-state index in [1.807, 2.05) is 0 Å². The van der Waals surface area contributed by atoms with Crippen LogP contribution in [-0.2, 0) is 23.8 Å². The minimum Gasteiger partial charge on any atom is -0.465 e. The average Bonchev–Trinajstić information content (AvgIpc) is 2.52. The summed E-state index contributed by atoms with van der Waals surface area (Å²) in [6.45, 7) is 8.45. The van der Waals surface area contributed by atoms with E-state index in [0.717, 1.165) is 0 Å². The molecule has 0 heterocycles. The zero-order valence-electron chi connectivity index (χ0n) is 13.7. The second-order valence-electron chi connectivity index (χ2n) is 4.80. The highest BCUT2D eigenvalue weighted by atomic mass is 16.6. The maximum Gasteiger partial charge on any atom is 0.338 e. The number of ether oxygens (including phenoxy) is 3. The van der Waals surface area contributed by atoms with Crippen LogP contribution in [-0.4, -0.2) is 31.6 Å². The number of hydrogen-bond acceptors (Lipinski definition) is 6. The van der Waals surface area contributed by atoms with Gasteiger partial charge in [0, 0.05) is 6.92 Å². The zero-order chi connectivity index (χ0) is 17.6. The molecule has 0 aliphatic carbocycles. The maximum absolute atomic E-state index is 11.9. The molecule has 0 aromatic heterocycles. The summed E-state index contributed by atoms with van der Waals surface area (Å²) in [5, 5.41) is 0. The monoisotopic (exact) mass is 320 g/mol. The molecule has 1 aromatic carbocycles. The van der Waals surface area contributed by atoms with Gasteiger partial charge < -0.3 is 14.2 Å². The van der Waals surface area contributed by atoms with Crippen LogP contribution in [0.1, 0.15) is 41.4 Å². The minimum absolute atomic E-state index is 0.0262. The summed E-state index contributed by atoms with van der Waals surface area (Å²) in [6, 6.07) is 4.84. The molecule has 23 heavy (non-hydrogen) atoms. The highest BCUT2D eigenvalue weighted by Gasteiger charge is 2.26.